The van der Waals surface area contributed by atoms with E-state index < -0.39 is 17.6 Å². The number of benzene rings is 1. The van der Waals surface area contributed by atoms with E-state index in [0.717, 1.165) is 11.8 Å². The number of aromatic nitrogens is 1. The van der Waals surface area contributed by atoms with Crippen LogP contribution in [-0.2, 0) is 9.59 Å². The van der Waals surface area contributed by atoms with Gasteiger partial charge in [0.15, 0.2) is 5.13 Å². The van der Waals surface area contributed by atoms with Crippen LogP contribution in [0.3, 0.4) is 0 Å². The molecule has 1 aliphatic heterocycles. The highest BCUT2D eigenvalue weighted by atomic mass is 32.1. The van der Waals surface area contributed by atoms with Gasteiger partial charge >= 0.3 is 0 Å². The SMILES string of the molecule is Cc1csc(NC(=O)[C@@H]2CC(=O)N(c3ccc(F)cc3F)C2)n1. The molecule has 1 aromatic heterocycles. The first-order valence-corrected chi connectivity index (χ1v) is 7.80. The number of thiazole rings is 1. The minimum atomic E-state index is -0.824. The number of nitrogens with zero attached hydrogens (tertiary/aromatic N) is 2. The molecule has 1 N–H and O–H groups in total. The molecule has 1 aromatic carbocycles. The molecular weight excluding hydrogens is 324 g/mol. The Kier molecular flexibility index (Phi) is 4.08. The number of nitrogens with one attached hydrogen (secondary N) is 1. The molecular formula is C15H13F2N3O2S. The third-order valence-electron chi connectivity index (χ3n) is 3.55. The van der Waals surface area contributed by atoms with E-state index in [9.17, 15) is 18.4 Å². The number of aryl methyl sites for hydroxylation is 1. The molecule has 120 valence electrons. The van der Waals surface area contributed by atoms with Crippen molar-refractivity contribution in [2.24, 2.45) is 5.92 Å². The maximum Gasteiger partial charge on any atom is 0.231 e. The molecule has 1 aliphatic rings. The third-order valence-corrected chi connectivity index (χ3v) is 4.42. The third kappa shape index (κ3) is 3.21. The van der Waals surface area contributed by atoms with Gasteiger partial charge in [-0.3, -0.25) is 9.59 Å². The van der Waals surface area contributed by atoms with Crippen LogP contribution < -0.4 is 10.2 Å². The molecule has 0 radical (unpaired) electrons. The average molecular weight is 337 g/mol. The van der Waals surface area contributed by atoms with E-state index in [1.165, 1.54) is 22.3 Å². The van der Waals surface area contributed by atoms with Crippen molar-refractivity contribution in [3.8, 4) is 0 Å². The van der Waals surface area contributed by atoms with Crippen LogP contribution in [0.1, 0.15) is 12.1 Å². The minimum absolute atomic E-state index is 0.0169. The number of rotatable bonds is 3. The van der Waals surface area contributed by atoms with Gasteiger partial charge in [0, 0.05) is 24.4 Å². The van der Waals surface area contributed by atoms with Crippen molar-refractivity contribution in [2.75, 3.05) is 16.8 Å². The first-order chi connectivity index (χ1) is 10.9. The zero-order valence-electron chi connectivity index (χ0n) is 12.2. The smallest absolute Gasteiger partial charge is 0.231 e. The molecule has 2 heterocycles. The molecule has 1 fully saturated rings. The highest BCUT2D eigenvalue weighted by molar-refractivity contribution is 7.13. The lowest BCUT2D eigenvalue weighted by Crippen LogP contribution is -2.28. The highest BCUT2D eigenvalue weighted by Crippen LogP contribution is 2.28. The number of hydrogen-bond donors (Lipinski definition) is 1. The summed E-state index contributed by atoms with van der Waals surface area (Å²) < 4.78 is 26.8. The van der Waals surface area contributed by atoms with Crippen molar-refractivity contribution in [1.29, 1.82) is 0 Å². The largest absolute Gasteiger partial charge is 0.309 e. The van der Waals surface area contributed by atoms with Crippen molar-refractivity contribution in [3.63, 3.8) is 0 Å². The summed E-state index contributed by atoms with van der Waals surface area (Å²) in [4.78, 5) is 29.6. The Labute approximate surface area is 134 Å². The van der Waals surface area contributed by atoms with Crippen molar-refractivity contribution < 1.29 is 18.4 Å². The van der Waals surface area contributed by atoms with Gasteiger partial charge in [0.1, 0.15) is 11.6 Å². The summed E-state index contributed by atoms with van der Waals surface area (Å²) in [6, 6.07) is 3.00. The molecule has 5 nitrogen and oxygen atoms in total. The van der Waals surface area contributed by atoms with Crippen LogP contribution >= 0.6 is 11.3 Å². The second-order valence-electron chi connectivity index (χ2n) is 5.28. The van der Waals surface area contributed by atoms with Crippen LogP contribution in [0, 0.1) is 24.5 Å². The Morgan fingerprint density at radius 3 is 2.87 bits per heavy atom. The van der Waals surface area contributed by atoms with E-state index >= 15 is 0 Å². The van der Waals surface area contributed by atoms with E-state index in [1.807, 2.05) is 6.92 Å². The fourth-order valence-electron chi connectivity index (χ4n) is 2.44. The monoisotopic (exact) mass is 337 g/mol. The maximum absolute atomic E-state index is 13.8. The van der Waals surface area contributed by atoms with Gasteiger partial charge in [0.25, 0.3) is 0 Å². The van der Waals surface area contributed by atoms with Crippen LogP contribution in [-0.4, -0.2) is 23.3 Å². The summed E-state index contributed by atoms with van der Waals surface area (Å²) in [7, 11) is 0. The van der Waals surface area contributed by atoms with Gasteiger partial charge in [0.05, 0.1) is 17.3 Å². The first kappa shape index (κ1) is 15.5. The number of amides is 2. The maximum atomic E-state index is 13.8. The second-order valence-corrected chi connectivity index (χ2v) is 6.14. The number of carbonyl (C=O) groups is 2. The van der Waals surface area contributed by atoms with Crippen LogP contribution in [0.15, 0.2) is 23.6 Å². The molecule has 0 spiro atoms. The molecule has 0 aliphatic carbocycles. The normalized spacial score (nSPS) is 17.6. The van der Waals surface area contributed by atoms with Crippen molar-refractivity contribution >= 4 is 34.0 Å². The Bertz CT molecular complexity index is 778. The van der Waals surface area contributed by atoms with Crippen LogP contribution in [0.5, 0.6) is 0 Å². The number of halogens is 2. The lowest BCUT2D eigenvalue weighted by Gasteiger charge is -2.17. The van der Waals surface area contributed by atoms with E-state index in [4.69, 9.17) is 0 Å². The van der Waals surface area contributed by atoms with Crippen molar-refractivity contribution in [2.45, 2.75) is 13.3 Å². The zero-order chi connectivity index (χ0) is 16.6. The van der Waals surface area contributed by atoms with Crippen LogP contribution in [0.2, 0.25) is 0 Å². The minimum Gasteiger partial charge on any atom is -0.309 e. The number of anilines is 2. The summed E-state index contributed by atoms with van der Waals surface area (Å²) in [6.45, 7) is 1.86. The fourth-order valence-corrected chi connectivity index (χ4v) is 3.13. The highest BCUT2D eigenvalue weighted by Gasteiger charge is 2.36. The summed E-state index contributed by atoms with van der Waals surface area (Å²) in [5, 5.41) is 4.92. The molecule has 8 heteroatoms. The van der Waals surface area contributed by atoms with E-state index in [0.29, 0.717) is 11.2 Å². The molecule has 2 amide bonds. The lowest BCUT2D eigenvalue weighted by molar-refractivity contribution is -0.122. The Hall–Kier alpha value is -2.35. The lowest BCUT2D eigenvalue weighted by atomic mass is 10.1. The molecule has 1 atom stereocenters. The van der Waals surface area contributed by atoms with E-state index in [-0.39, 0.29) is 30.5 Å². The quantitative estimate of drug-likeness (QED) is 0.937. The summed E-state index contributed by atoms with van der Waals surface area (Å²) in [5.74, 6) is -2.85. The Balaban J connectivity index is 1.73. The van der Waals surface area contributed by atoms with Crippen LogP contribution in [0.4, 0.5) is 19.6 Å². The van der Waals surface area contributed by atoms with Gasteiger partial charge in [-0.05, 0) is 19.1 Å². The second kappa shape index (κ2) is 6.04. The molecule has 0 saturated carbocycles. The van der Waals surface area contributed by atoms with Gasteiger partial charge in [-0.1, -0.05) is 0 Å². The predicted molar refractivity (Wildman–Crippen MR) is 82.3 cm³/mol. The molecule has 1 saturated heterocycles. The van der Waals surface area contributed by atoms with E-state index in [1.54, 1.807) is 5.38 Å². The Morgan fingerprint density at radius 2 is 2.22 bits per heavy atom. The molecule has 0 unspecified atom stereocenters. The van der Waals surface area contributed by atoms with Crippen molar-refractivity contribution in [1.82, 2.24) is 4.98 Å². The van der Waals surface area contributed by atoms with Gasteiger partial charge in [-0.25, -0.2) is 13.8 Å². The van der Waals surface area contributed by atoms with E-state index in [2.05, 4.69) is 10.3 Å². The van der Waals surface area contributed by atoms with Gasteiger partial charge in [0.2, 0.25) is 11.8 Å². The average Bonchev–Trinajstić information content (AvgIpc) is 3.05. The molecule has 2 aromatic rings. The number of carbonyl (C=O) groups excluding carboxylic acids is 2. The topological polar surface area (TPSA) is 62.3 Å². The number of hydrogen-bond acceptors (Lipinski definition) is 4. The Morgan fingerprint density at radius 1 is 1.43 bits per heavy atom. The first-order valence-electron chi connectivity index (χ1n) is 6.92. The van der Waals surface area contributed by atoms with Crippen LogP contribution in [0.25, 0.3) is 0 Å². The van der Waals surface area contributed by atoms with Gasteiger partial charge < -0.3 is 10.2 Å². The van der Waals surface area contributed by atoms with Crippen molar-refractivity contribution in [3.05, 3.63) is 40.9 Å². The molecule has 0 bridgehead atoms. The zero-order valence-corrected chi connectivity index (χ0v) is 13.0. The molecule has 3 rings (SSSR count). The summed E-state index contributed by atoms with van der Waals surface area (Å²) in [5.41, 5.74) is 0.777. The summed E-state index contributed by atoms with van der Waals surface area (Å²) >= 11 is 1.30. The van der Waals surface area contributed by atoms with Gasteiger partial charge in [-0.2, -0.15) is 0 Å². The molecule has 23 heavy (non-hydrogen) atoms. The summed E-state index contributed by atoms with van der Waals surface area (Å²) in [6.07, 6.45) is -0.0208. The fraction of sp³-hybridized carbons (Fsp3) is 0.267. The van der Waals surface area contributed by atoms with Gasteiger partial charge in [-0.15, -0.1) is 11.3 Å². The standard InChI is InChI=1S/C15H13F2N3O2S/c1-8-7-23-15(18-8)19-14(22)9-4-13(21)20(6-9)12-3-2-10(16)5-11(12)17/h2-3,5,7,9H,4,6H2,1H3,(H,18,19,22)/t9-/m1/s1. The predicted octanol–water partition coefficient (Wildman–Crippen LogP) is 2.72.